The van der Waals surface area contributed by atoms with Crippen LogP contribution in [0.2, 0.25) is 0 Å². The lowest BCUT2D eigenvalue weighted by molar-refractivity contribution is -0.122. The van der Waals surface area contributed by atoms with Crippen LogP contribution in [-0.2, 0) is 11.2 Å². The van der Waals surface area contributed by atoms with Crippen molar-refractivity contribution in [2.75, 3.05) is 5.32 Å². The maximum Gasteiger partial charge on any atom is 0.265 e. The quantitative estimate of drug-likeness (QED) is 0.820. The summed E-state index contributed by atoms with van der Waals surface area (Å²) < 4.78 is 5.66. The number of aryl methyl sites for hydroxylation is 1. The summed E-state index contributed by atoms with van der Waals surface area (Å²) in [7, 11) is 0. The summed E-state index contributed by atoms with van der Waals surface area (Å²) in [6.45, 7) is 3.82. The van der Waals surface area contributed by atoms with E-state index in [0.717, 1.165) is 12.8 Å². The number of ether oxygens (including phenoxy) is 1. The Balaban J connectivity index is 1.92. The highest BCUT2D eigenvalue weighted by Gasteiger charge is 2.15. The van der Waals surface area contributed by atoms with Crippen molar-refractivity contribution < 1.29 is 14.3 Å². The lowest BCUT2D eigenvalue weighted by Crippen LogP contribution is -2.30. The zero-order valence-electron chi connectivity index (χ0n) is 13.9. The molecule has 0 aliphatic heterocycles. The molecule has 5 heteroatoms. The van der Waals surface area contributed by atoms with Crippen LogP contribution in [0.15, 0.2) is 48.5 Å². The predicted molar refractivity (Wildman–Crippen MR) is 94.1 cm³/mol. The van der Waals surface area contributed by atoms with E-state index in [1.807, 2.05) is 24.3 Å². The van der Waals surface area contributed by atoms with Gasteiger partial charge in [-0.05, 0) is 55.3 Å². The van der Waals surface area contributed by atoms with E-state index < -0.39 is 12.0 Å². The molecule has 0 bridgehead atoms. The molecule has 2 rings (SSSR count). The van der Waals surface area contributed by atoms with E-state index in [0.29, 0.717) is 17.0 Å². The average molecular weight is 326 g/mol. The Morgan fingerprint density at radius 1 is 1.08 bits per heavy atom. The van der Waals surface area contributed by atoms with Gasteiger partial charge in [-0.25, -0.2) is 0 Å². The molecule has 0 saturated heterocycles. The smallest absolute Gasteiger partial charge is 0.265 e. The van der Waals surface area contributed by atoms with E-state index in [1.54, 1.807) is 31.2 Å². The number of hydrogen-bond donors (Lipinski definition) is 2. The van der Waals surface area contributed by atoms with Crippen molar-refractivity contribution in [1.29, 1.82) is 0 Å². The van der Waals surface area contributed by atoms with Gasteiger partial charge in [0, 0.05) is 11.3 Å². The number of nitrogens with one attached hydrogen (secondary N) is 1. The molecule has 1 atom stereocenters. The van der Waals surface area contributed by atoms with Gasteiger partial charge in [-0.3, -0.25) is 9.59 Å². The zero-order chi connectivity index (χ0) is 17.5. The van der Waals surface area contributed by atoms with Gasteiger partial charge in [0.2, 0.25) is 5.91 Å². The Labute approximate surface area is 141 Å². The van der Waals surface area contributed by atoms with Crippen molar-refractivity contribution in [3.63, 3.8) is 0 Å². The lowest BCUT2D eigenvalue weighted by Gasteiger charge is -2.15. The molecule has 0 saturated carbocycles. The van der Waals surface area contributed by atoms with Crippen LogP contribution in [0.4, 0.5) is 5.69 Å². The lowest BCUT2D eigenvalue weighted by atomic mass is 10.1. The fraction of sp³-hybridized carbons (Fsp3) is 0.263. The molecule has 5 nitrogen and oxygen atoms in total. The maximum atomic E-state index is 12.2. The second-order valence-electron chi connectivity index (χ2n) is 5.58. The van der Waals surface area contributed by atoms with Gasteiger partial charge in [-0.2, -0.15) is 0 Å². The van der Waals surface area contributed by atoms with E-state index in [4.69, 9.17) is 10.5 Å². The number of anilines is 1. The molecule has 0 aromatic heterocycles. The van der Waals surface area contributed by atoms with E-state index >= 15 is 0 Å². The molecule has 0 spiro atoms. The predicted octanol–water partition coefficient (Wildman–Crippen LogP) is 3.14. The van der Waals surface area contributed by atoms with Crippen LogP contribution in [0.25, 0.3) is 0 Å². The van der Waals surface area contributed by atoms with Crippen molar-refractivity contribution in [3.05, 3.63) is 59.7 Å². The van der Waals surface area contributed by atoms with Crippen molar-refractivity contribution in [2.45, 2.75) is 32.8 Å². The Morgan fingerprint density at radius 3 is 2.25 bits per heavy atom. The minimum absolute atomic E-state index is 0.264. The van der Waals surface area contributed by atoms with Crippen molar-refractivity contribution in [2.24, 2.45) is 5.73 Å². The van der Waals surface area contributed by atoms with Gasteiger partial charge in [0.05, 0.1) is 0 Å². The highest BCUT2D eigenvalue weighted by molar-refractivity contribution is 5.96. The van der Waals surface area contributed by atoms with E-state index in [1.165, 1.54) is 5.56 Å². The summed E-state index contributed by atoms with van der Waals surface area (Å²) in [5, 5.41) is 2.74. The molecule has 1 unspecified atom stereocenters. The van der Waals surface area contributed by atoms with Crippen LogP contribution in [0, 0.1) is 0 Å². The van der Waals surface area contributed by atoms with Crippen LogP contribution in [-0.4, -0.2) is 17.9 Å². The summed E-state index contributed by atoms with van der Waals surface area (Å²) in [6, 6.07) is 14.1. The van der Waals surface area contributed by atoms with Crippen LogP contribution < -0.4 is 15.8 Å². The molecule has 2 aromatic rings. The average Bonchev–Trinajstić information content (AvgIpc) is 2.57. The number of nitrogens with two attached hydrogens (primary N) is 1. The first-order valence-corrected chi connectivity index (χ1v) is 7.96. The van der Waals surface area contributed by atoms with E-state index in [2.05, 4.69) is 12.2 Å². The third-order valence-electron chi connectivity index (χ3n) is 3.58. The molecule has 126 valence electrons. The van der Waals surface area contributed by atoms with Gasteiger partial charge in [-0.1, -0.05) is 25.5 Å². The first kappa shape index (κ1) is 17.5. The molecule has 0 fully saturated rings. The molecule has 3 N–H and O–H groups in total. The third kappa shape index (κ3) is 4.84. The second-order valence-corrected chi connectivity index (χ2v) is 5.58. The van der Waals surface area contributed by atoms with Crippen LogP contribution in [0.1, 0.15) is 36.2 Å². The van der Waals surface area contributed by atoms with E-state index in [-0.39, 0.29) is 5.91 Å². The summed E-state index contributed by atoms with van der Waals surface area (Å²) >= 11 is 0. The molecule has 0 aliphatic carbocycles. The minimum Gasteiger partial charge on any atom is -0.481 e. The van der Waals surface area contributed by atoms with Gasteiger partial charge >= 0.3 is 0 Å². The SMILES string of the molecule is CCCc1ccc(OC(C)C(=O)Nc2ccc(C(N)=O)cc2)cc1. The molecule has 2 aromatic carbocycles. The van der Waals surface area contributed by atoms with Crippen LogP contribution >= 0.6 is 0 Å². The van der Waals surface area contributed by atoms with E-state index in [9.17, 15) is 9.59 Å². The van der Waals surface area contributed by atoms with Gasteiger partial charge < -0.3 is 15.8 Å². The molecule has 0 aliphatic rings. The summed E-state index contributed by atoms with van der Waals surface area (Å²) in [5.74, 6) is -0.114. The Hall–Kier alpha value is -2.82. The summed E-state index contributed by atoms with van der Waals surface area (Å²) in [6.07, 6.45) is 1.48. The first-order chi connectivity index (χ1) is 11.5. The molecule has 2 amide bonds. The Morgan fingerprint density at radius 2 is 1.71 bits per heavy atom. The normalized spacial score (nSPS) is 11.6. The minimum atomic E-state index is -0.641. The highest BCUT2D eigenvalue weighted by atomic mass is 16.5. The topological polar surface area (TPSA) is 81.4 Å². The molecular formula is C19H22N2O3. The number of amides is 2. The maximum absolute atomic E-state index is 12.2. The largest absolute Gasteiger partial charge is 0.481 e. The highest BCUT2D eigenvalue weighted by Crippen LogP contribution is 2.16. The first-order valence-electron chi connectivity index (χ1n) is 7.96. The van der Waals surface area contributed by atoms with Gasteiger partial charge in [0.1, 0.15) is 5.75 Å². The van der Waals surface area contributed by atoms with Crippen LogP contribution in [0.3, 0.4) is 0 Å². The van der Waals surface area contributed by atoms with Crippen molar-refractivity contribution in [3.8, 4) is 5.75 Å². The fourth-order valence-corrected chi connectivity index (χ4v) is 2.24. The van der Waals surface area contributed by atoms with Crippen molar-refractivity contribution in [1.82, 2.24) is 0 Å². The Bertz CT molecular complexity index is 694. The number of primary amides is 1. The van der Waals surface area contributed by atoms with Crippen molar-refractivity contribution >= 4 is 17.5 Å². The third-order valence-corrected chi connectivity index (χ3v) is 3.58. The number of rotatable bonds is 7. The Kier molecular flexibility index (Phi) is 5.95. The molecule has 0 radical (unpaired) electrons. The number of carbonyl (C=O) groups excluding carboxylic acids is 2. The molecule has 24 heavy (non-hydrogen) atoms. The van der Waals surface area contributed by atoms with Gasteiger partial charge in [0.25, 0.3) is 5.91 Å². The molecule has 0 heterocycles. The number of benzene rings is 2. The van der Waals surface area contributed by atoms with Gasteiger partial charge in [-0.15, -0.1) is 0 Å². The van der Waals surface area contributed by atoms with Crippen LogP contribution in [0.5, 0.6) is 5.75 Å². The second kappa shape index (κ2) is 8.15. The van der Waals surface area contributed by atoms with Gasteiger partial charge in [0.15, 0.2) is 6.10 Å². The monoisotopic (exact) mass is 326 g/mol. The molecular weight excluding hydrogens is 304 g/mol. The zero-order valence-corrected chi connectivity index (χ0v) is 13.9. The number of carbonyl (C=O) groups is 2. The number of hydrogen-bond acceptors (Lipinski definition) is 3. The summed E-state index contributed by atoms with van der Waals surface area (Å²) in [5.41, 5.74) is 7.40. The summed E-state index contributed by atoms with van der Waals surface area (Å²) in [4.78, 5) is 23.2. The standard InChI is InChI=1S/C19H22N2O3/c1-3-4-14-5-11-17(12-6-14)24-13(2)19(23)21-16-9-7-15(8-10-16)18(20)22/h5-13H,3-4H2,1-2H3,(H2,20,22)(H,21,23). The fourth-order valence-electron chi connectivity index (χ4n) is 2.24.